The van der Waals surface area contributed by atoms with Crippen molar-refractivity contribution in [3.63, 3.8) is 0 Å². The number of rotatable bonds is 7. The molecule has 2 heterocycles. The number of aromatic nitrogens is 5. The van der Waals surface area contributed by atoms with E-state index in [1.54, 1.807) is 19.9 Å². The highest BCUT2D eigenvalue weighted by Crippen LogP contribution is 2.35. The molecule has 0 bridgehead atoms. The van der Waals surface area contributed by atoms with Gasteiger partial charge in [0.1, 0.15) is 15.9 Å². The van der Waals surface area contributed by atoms with Gasteiger partial charge in [-0.25, -0.2) is 17.8 Å². The molecular weight excluding hydrogens is 435 g/mol. The molecule has 2 unspecified atom stereocenters. The largest absolute Gasteiger partial charge is 0.480 e. The Bertz CT molecular complexity index is 1160. The Morgan fingerprint density at radius 1 is 1.23 bits per heavy atom. The van der Waals surface area contributed by atoms with E-state index < -0.39 is 27.8 Å². The van der Waals surface area contributed by atoms with Crippen LogP contribution < -0.4 is 9.46 Å². The molecule has 12 heteroatoms. The molecule has 0 aliphatic carbocycles. The fourth-order valence-electron chi connectivity index (χ4n) is 3.20. The summed E-state index contributed by atoms with van der Waals surface area (Å²) in [5, 5.41) is 13.7. The highest BCUT2D eigenvalue weighted by molar-refractivity contribution is 7.89. The van der Waals surface area contributed by atoms with Gasteiger partial charge < -0.3 is 4.74 Å². The molecule has 30 heavy (non-hydrogen) atoms. The molecule has 0 aliphatic rings. The molecule has 0 fully saturated rings. The molecule has 0 saturated heterocycles. The molecule has 0 aliphatic heterocycles. The minimum Gasteiger partial charge on any atom is -0.480 e. The van der Waals surface area contributed by atoms with Crippen LogP contribution in [0, 0.1) is 19.7 Å². The lowest BCUT2D eigenvalue weighted by Gasteiger charge is -2.25. The summed E-state index contributed by atoms with van der Waals surface area (Å²) >= 11 is 5.83. The van der Waals surface area contributed by atoms with Gasteiger partial charge in [0, 0.05) is 5.92 Å². The highest BCUT2D eigenvalue weighted by atomic mass is 35.5. The van der Waals surface area contributed by atoms with Crippen LogP contribution in [0.15, 0.2) is 29.2 Å². The number of nitrogens with one attached hydrogen (secondary N) is 2. The minimum atomic E-state index is -4.17. The van der Waals surface area contributed by atoms with Crippen molar-refractivity contribution in [1.29, 1.82) is 0 Å². The van der Waals surface area contributed by atoms with Crippen molar-refractivity contribution >= 4 is 21.6 Å². The summed E-state index contributed by atoms with van der Waals surface area (Å²) in [5.41, 5.74) is 1.94. The van der Waals surface area contributed by atoms with Gasteiger partial charge >= 0.3 is 0 Å². The van der Waals surface area contributed by atoms with E-state index in [-0.39, 0.29) is 21.8 Å². The highest BCUT2D eigenvalue weighted by Gasteiger charge is 2.34. The molecule has 2 N–H and O–H groups in total. The number of pyridine rings is 1. The van der Waals surface area contributed by atoms with E-state index >= 15 is 0 Å². The minimum absolute atomic E-state index is 0.0623. The van der Waals surface area contributed by atoms with Crippen LogP contribution in [0.4, 0.5) is 4.39 Å². The number of nitrogens with zero attached hydrogens (tertiary/aromatic N) is 4. The molecule has 2 aromatic heterocycles. The van der Waals surface area contributed by atoms with Crippen molar-refractivity contribution in [2.45, 2.75) is 37.6 Å². The zero-order valence-corrected chi connectivity index (χ0v) is 18.2. The van der Waals surface area contributed by atoms with Crippen LogP contribution in [0.5, 0.6) is 5.88 Å². The number of H-pyrrole nitrogens is 1. The molecule has 0 saturated carbocycles. The van der Waals surface area contributed by atoms with Gasteiger partial charge in [0.05, 0.1) is 13.2 Å². The van der Waals surface area contributed by atoms with Crippen molar-refractivity contribution in [1.82, 2.24) is 30.3 Å². The molecule has 3 rings (SSSR count). The quantitative estimate of drug-likeness (QED) is 0.526. The van der Waals surface area contributed by atoms with Gasteiger partial charge in [-0.2, -0.15) is 9.94 Å². The molecule has 0 amide bonds. The van der Waals surface area contributed by atoms with Crippen molar-refractivity contribution in [3.8, 4) is 5.88 Å². The topological polar surface area (TPSA) is 123 Å². The summed E-state index contributed by atoms with van der Waals surface area (Å²) in [4.78, 5) is 3.66. The molecule has 2 atom stereocenters. The number of methoxy groups -OCH3 is 1. The zero-order chi connectivity index (χ0) is 22.1. The molecule has 0 radical (unpaired) electrons. The SMILES string of the molecule is COc1nc(Cl)ccc1S(=O)(=O)NC(c1nn[nH]n1)C(C)c1c(F)ccc(C)c1C. The van der Waals surface area contributed by atoms with E-state index in [4.69, 9.17) is 16.3 Å². The summed E-state index contributed by atoms with van der Waals surface area (Å²) in [6, 6.07) is 4.59. The Kier molecular flexibility index (Phi) is 6.34. The molecular formula is C18H20ClFN6O3S. The first-order valence-corrected chi connectivity index (χ1v) is 10.7. The lowest BCUT2D eigenvalue weighted by atomic mass is 9.88. The van der Waals surface area contributed by atoms with E-state index in [9.17, 15) is 12.8 Å². The number of aryl methyl sites for hydroxylation is 1. The number of halogens is 2. The van der Waals surface area contributed by atoms with Crippen LogP contribution in [0.2, 0.25) is 5.15 Å². The lowest BCUT2D eigenvalue weighted by molar-refractivity contribution is 0.384. The first kappa shape index (κ1) is 22.1. The second-order valence-electron chi connectivity index (χ2n) is 6.70. The van der Waals surface area contributed by atoms with Crippen molar-refractivity contribution in [2.24, 2.45) is 0 Å². The average molecular weight is 455 g/mol. The Morgan fingerprint density at radius 3 is 2.60 bits per heavy atom. The van der Waals surface area contributed by atoms with E-state index in [2.05, 4.69) is 30.3 Å². The van der Waals surface area contributed by atoms with Gasteiger partial charge in [0.2, 0.25) is 15.9 Å². The van der Waals surface area contributed by atoms with Crippen LogP contribution in [0.25, 0.3) is 0 Å². The van der Waals surface area contributed by atoms with Gasteiger partial charge in [-0.3, -0.25) is 0 Å². The van der Waals surface area contributed by atoms with E-state index in [1.165, 1.54) is 25.3 Å². The number of aromatic amines is 1. The molecule has 3 aromatic rings. The monoisotopic (exact) mass is 454 g/mol. The third-order valence-electron chi connectivity index (χ3n) is 4.88. The molecule has 9 nitrogen and oxygen atoms in total. The standard InChI is InChI=1S/C18H20ClFN6O3S/c1-9-5-6-12(20)15(10(9)2)11(3)16(17-22-25-26-23-17)24-30(27,28)13-7-8-14(19)21-18(13)29-4/h5-8,11,16,24H,1-4H3,(H,22,23,25,26). The third kappa shape index (κ3) is 4.27. The van der Waals surface area contributed by atoms with E-state index in [1.807, 2.05) is 6.92 Å². The fourth-order valence-corrected chi connectivity index (χ4v) is 4.71. The van der Waals surface area contributed by atoms with Crippen molar-refractivity contribution < 1.29 is 17.5 Å². The second-order valence-corrected chi connectivity index (χ2v) is 8.77. The number of benzene rings is 1. The number of ether oxygens (including phenoxy) is 1. The Morgan fingerprint density at radius 2 is 1.97 bits per heavy atom. The maximum absolute atomic E-state index is 14.7. The summed E-state index contributed by atoms with van der Waals surface area (Å²) in [7, 11) is -2.89. The average Bonchev–Trinajstić information content (AvgIpc) is 3.23. The van der Waals surface area contributed by atoms with Crippen LogP contribution in [-0.2, 0) is 10.0 Å². The van der Waals surface area contributed by atoms with Gasteiger partial charge in [-0.1, -0.05) is 29.8 Å². The first-order chi connectivity index (χ1) is 14.2. The Hall–Kier alpha value is -2.63. The van der Waals surface area contributed by atoms with Crippen LogP contribution >= 0.6 is 11.6 Å². The van der Waals surface area contributed by atoms with Gasteiger partial charge in [0.25, 0.3) is 0 Å². The van der Waals surface area contributed by atoms with Gasteiger partial charge in [-0.05, 0) is 48.7 Å². The van der Waals surface area contributed by atoms with Crippen LogP contribution in [0.1, 0.15) is 41.4 Å². The van der Waals surface area contributed by atoms with Gasteiger partial charge in [-0.15, -0.1) is 10.2 Å². The number of hydrogen-bond acceptors (Lipinski definition) is 7. The number of hydrogen-bond donors (Lipinski definition) is 2. The summed E-state index contributed by atoms with van der Waals surface area (Å²) in [5.74, 6) is -1.23. The molecule has 1 aromatic carbocycles. The molecule has 0 spiro atoms. The summed E-state index contributed by atoms with van der Waals surface area (Å²) in [6.07, 6.45) is 0. The third-order valence-corrected chi connectivity index (χ3v) is 6.55. The predicted octanol–water partition coefficient (Wildman–Crippen LogP) is 2.84. The zero-order valence-electron chi connectivity index (χ0n) is 16.6. The van der Waals surface area contributed by atoms with E-state index in [0.29, 0.717) is 11.1 Å². The Labute approximate surface area is 178 Å². The number of tetrazole rings is 1. The Balaban J connectivity index is 2.08. The lowest BCUT2D eigenvalue weighted by Crippen LogP contribution is -2.33. The number of sulfonamides is 1. The van der Waals surface area contributed by atoms with Gasteiger partial charge in [0.15, 0.2) is 5.82 Å². The van der Waals surface area contributed by atoms with Crippen LogP contribution in [0.3, 0.4) is 0 Å². The predicted molar refractivity (Wildman–Crippen MR) is 107 cm³/mol. The smallest absolute Gasteiger partial charge is 0.246 e. The van der Waals surface area contributed by atoms with Crippen molar-refractivity contribution in [2.75, 3.05) is 7.11 Å². The summed E-state index contributed by atoms with van der Waals surface area (Å²) in [6.45, 7) is 5.31. The fraction of sp³-hybridized carbons (Fsp3) is 0.333. The first-order valence-electron chi connectivity index (χ1n) is 8.87. The van der Waals surface area contributed by atoms with Crippen molar-refractivity contribution in [3.05, 3.63) is 57.8 Å². The maximum atomic E-state index is 14.7. The molecule has 160 valence electrons. The summed E-state index contributed by atoms with van der Waals surface area (Å²) < 4.78 is 48.6. The second kappa shape index (κ2) is 8.62. The normalized spacial score (nSPS) is 13.8. The van der Waals surface area contributed by atoms with Crippen LogP contribution in [-0.4, -0.2) is 41.1 Å². The maximum Gasteiger partial charge on any atom is 0.246 e. The van der Waals surface area contributed by atoms with E-state index in [0.717, 1.165) is 5.56 Å².